The minimum Gasteiger partial charge on any atom is -0.493 e. The maximum Gasteiger partial charge on any atom is 0.259 e. The molecule has 7 nitrogen and oxygen atoms in total. The minimum atomic E-state index is -0.957. The van der Waals surface area contributed by atoms with Crippen LogP contribution in [0.4, 0.5) is 0 Å². The van der Waals surface area contributed by atoms with Crippen molar-refractivity contribution in [2.24, 2.45) is 5.92 Å². The lowest BCUT2D eigenvalue weighted by atomic mass is 9.89. The van der Waals surface area contributed by atoms with E-state index in [1.54, 1.807) is 39.3 Å². The summed E-state index contributed by atoms with van der Waals surface area (Å²) in [7, 11) is 3.12. The Balaban J connectivity index is 1.56. The molecule has 0 bridgehead atoms. The minimum absolute atomic E-state index is 0.171. The number of likely N-dealkylation sites (tertiary alicyclic amines) is 1. The molecule has 33 heavy (non-hydrogen) atoms. The number of amides is 1. The molecule has 174 valence electrons. The Hall–Kier alpha value is -3.32. The molecule has 2 heterocycles. The highest BCUT2D eigenvalue weighted by Crippen LogP contribution is 2.36. The summed E-state index contributed by atoms with van der Waals surface area (Å²) in [6.45, 7) is 2.89. The van der Waals surface area contributed by atoms with E-state index < -0.39 is 6.10 Å². The zero-order valence-electron chi connectivity index (χ0n) is 19.3. The van der Waals surface area contributed by atoms with Gasteiger partial charge in [0, 0.05) is 18.7 Å². The Morgan fingerprint density at radius 3 is 2.45 bits per heavy atom. The summed E-state index contributed by atoms with van der Waals surface area (Å²) in [5.74, 6) is 1.65. The lowest BCUT2D eigenvalue weighted by molar-refractivity contribution is 0.0680. The predicted molar refractivity (Wildman–Crippen MR) is 124 cm³/mol. The molecule has 1 N–H and O–H groups in total. The second-order valence-electron chi connectivity index (χ2n) is 8.44. The number of carbonyl (C=O) groups is 1. The molecule has 0 unspecified atom stereocenters. The monoisotopic (exact) mass is 450 g/mol. The van der Waals surface area contributed by atoms with Crippen LogP contribution in [0, 0.1) is 5.92 Å². The Morgan fingerprint density at radius 2 is 1.82 bits per heavy atom. The fraction of sp³-hybridized carbons (Fsp3) is 0.385. The first-order valence-electron chi connectivity index (χ1n) is 11.2. The van der Waals surface area contributed by atoms with Gasteiger partial charge in [-0.25, -0.2) is 0 Å². The first-order valence-corrected chi connectivity index (χ1v) is 11.2. The number of hydrogen-bond acceptors (Lipinski definition) is 6. The van der Waals surface area contributed by atoms with Gasteiger partial charge in [-0.05, 0) is 55.9 Å². The van der Waals surface area contributed by atoms with Crippen molar-refractivity contribution in [3.8, 4) is 22.8 Å². The number of aliphatic hydroxyl groups excluding tert-OH is 1. The van der Waals surface area contributed by atoms with E-state index in [-0.39, 0.29) is 11.7 Å². The van der Waals surface area contributed by atoms with Gasteiger partial charge in [0.2, 0.25) is 0 Å². The summed E-state index contributed by atoms with van der Waals surface area (Å²) in [6, 6.07) is 15.8. The number of aliphatic hydroxyl groups is 1. The first kappa shape index (κ1) is 22.9. The Labute approximate surface area is 193 Å². The molecular weight excluding hydrogens is 420 g/mol. The van der Waals surface area contributed by atoms with Gasteiger partial charge < -0.3 is 24.0 Å². The van der Waals surface area contributed by atoms with Crippen LogP contribution in [0.3, 0.4) is 0 Å². The quantitative estimate of drug-likeness (QED) is 0.570. The fourth-order valence-corrected chi connectivity index (χ4v) is 4.42. The summed E-state index contributed by atoms with van der Waals surface area (Å²) in [5, 5.41) is 14.4. The van der Waals surface area contributed by atoms with Crippen molar-refractivity contribution in [1.29, 1.82) is 0 Å². The highest BCUT2D eigenvalue weighted by Gasteiger charge is 2.32. The number of methoxy groups -OCH3 is 2. The molecule has 3 aromatic rings. The molecule has 1 atom stereocenters. The summed E-state index contributed by atoms with van der Waals surface area (Å²) in [6.07, 6.45) is 1.93. The van der Waals surface area contributed by atoms with E-state index in [4.69, 9.17) is 14.0 Å². The van der Waals surface area contributed by atoms with Gasteiger partial charge in [0.05, 0.1) is 14.2 Å². The van der Waals surface area contributed by atoms with Crippen LogP contribution in [0.5, 0.6) is 11.5 Å². The molecule has 1 aliphatic rings. The molecule has 7 heteroatoms. The predicted octanol–water partition coefficient (Wildman–Crippen LogP) is 4.51. The van der Waals surface area contributed by atoms with Crippen LogP contribution >= 0.6 is 0 Å². The van der Waals surface area contributed by atoms with Crippen LogP contribution in [0.1, 0.15) is 47.6 Å². The molecule has 1 aromatic heterocycles. The van der Waals surface area contributed by atoms with Crippen molar-refractivity contribution < 1.29 is 23.9 Å². The summed E-state index contributed by atoms with van der Waals surface area (Å²) in [5.41, 5.74) is 2.68. The topological polar surface area (TPSA) is 85.0 Å². The molecule has 0 spiro atoms. The zero-order chi connectivity index (χ0) is 23.4. The van der Waals surface area contributed by atoms with Crippen LogP contribution in [0.15, 0.2) is 53.1 Å². The van der Waals surface area contributed by atoms with E-state index in [0.29, 0.717) is 47.3 Å². The van der Waals surface area contributed by atoms with Crippen LogP contribution in [-0.4, -0.2) is 48.4 Å². The second kappa shape index (κ2) is 10.1. The maximum atomic E-state index is 13.6. The molecule has 1 amide bonds. The third-order valence-corrected chi connectivity index (χ3v) is 6.24. The molecule has 1 saturated heterocycles. The van der Waals surface area contributed by atoms with Gasteiger partial charge >= 0.3 is 0 Å². The van der Waals surface area contributed by atoms with Gasteiger partial charge in [-0.3, -0.25) is 4.79 Å². The van der Waals surface area contributed by atoms with Crippen LogP contribution in [0.2, 0.25) is 0 Å². The van der Waals surface area contributed by atoms with Gasteiger partial charge in [-0.2, -0.15) is 0 Å². The lowest BCUT2D eigenvalue weighted by Crippen LogP contribution is -2.39. The summed E-state index contributed by atoms with van der Waals surface area (Å²) < 4.78 is 16.1. The number of benzene rings is 2. The maximum absolute atomic E-state index is 13.6. The average molecular weight is 451 g/mol. The van der Waals surface area contributed by atoms with Crippen LogP contribution in [-0.2, 0) is 6.42 Å². The number of rotatable bonds is 7. The zero-order valence-corrected chi connectivity index (χ0v) is 19.3. The number of ether oxygens (including phenoxy) is 2. The molecular formula is C26H30N2O5. The Kier molecular flexibility index (Phi) is 6.99. The smallest absolute Gasteiger partial charge is 0.259 e. The van der Waals surface area contributed by atoms with Gasteiger partial charge in [-0.1, -0.05) is 35.5 Å². The Bertz CT molecular complexity index is 1090. The van der Waals surface area contributed by atoms with E-state index in [0.717, 1.165) is 19.3 Å². The van der Waals surface area contributed by atoms with Crippen molar-refractivity contribution in [3.63, 3.8) is 0 Å². The average Bonchev–Trinajstić information content (AvgIpc) is 3.30. The molecule has 1 aliphatic heterocycles. The highest BCUT2D eigenvalue weighted by atomic mass is 16.5. The van der Waals surface area contributed by atoms with Gasteiger partial charge in [-0.15, -0.1) is 0 Å². The second-order valence-corrected chi connectivity index (χ2v) is 8.44. The van der Waals surface area contributed by atoms with Crippen molar-refractivity contribution in [1.82, 2.24) is 10.1 Å². The van der Waals surface area contributed by atoms with Crippen LogP contribution < -0.4 is 9.47 Å². The van der Waals surface area contributed by atoms with E-state index in [1.165, 1.54) is 5.56 Å². The number of nitrogens with zero attached hydrogens (tertiary/aromatic N) is 2. The molecule has 2 aromatic carbocycles. The number of aromatic nitrogens is 1. The van der Waals surface area contributed by atoms with Gasteiger partial charge in [0.25, 0.3) is 5.91 Å². The third-order valence-electron chi connectivity index (χ3n) is 6.24. The van der Waals surface area contributed by atoms with Crippen molar-refractivity contribution >= 4 is 5.91 Å². The van der Waals surface area contributed by atoms with Crippen LogP contribution in [0.25, 0.3) is 11.3 Å². The largest absolute Gasteiger partial charge is 0.493 e. The van der Waals surface area contributed by atoms with Crippen molar-refractivity contribution in [2.75, 3.05) is 27.3 Å². The van der Waals surface area contributed by atoms with Crippen molar-refractivity contribution in [3.05, 3.63) is 65.4 Å². The lowest BCUT2D eigenvalue weighted by Gasteiger charge is -2.32. The van der Waals surface area contributed by atoms with Crippen molar-refractivity contribution in [2.45, 2.75) is 32.3 Å². The van der Waals surface area contributed by atoms with Gasteiger partial charge in [0.1, 0.15) is 17.4 Å². The SMILES string of the molecule is COc1ccc(-c2noc([C@H](C)O)c2C(=O)N2CCC(Cc3ccccc3)CC2)cc1OC. The van der Waals surface area contributed by atoms with E-state index in [9.17, 15) is 9.90 Å². The standard InChI is InChI=1S/C26H30N2O5/c1-17(29)25-23(24(27-33-25)20-9-10-21(31-2)22(16-20)32-3)26(30)28-13-11-19(12-14-28)15-18-7-5-4-6-8-18/h4-10,16-17,19,29H,11-15H2,1-3H3/t17-/m0/s1. The summed E-state index contributed by atoms with van der Waals surface area (Å²) >= 11 is 0. The molecule has 0 saturated carbocycles. The molecule has 0 aliphatic carbocycles. The third kappa shape index (κ3) is 4.88. The highest BCUT2D eigenvalue weighted by molar-refractivity contribution is 6.01. The molecule has 4 rings (SSSR count). The molecule has 0 radical (unpaired) electrons. The number of hydrogen-bond donors (Lipinski definition) is 1. The van der Waals surface area contributed by atoms with E-state index in [1.807, 2.05) is 11.0 Å². The molecule has 1 fully saturated rings. The normalized spacial score (nSPS) is 15.3. The Morgan fingerprint density at radius 1 is 1.12 bits per heavy atom. The van der Waals surface area contributed by atoms with Gasteiger partial charge in [0.15, 0.2) is 17.3 Å². The fourth-order valence-electron chi connectivity index (χ4n) is 4.42. The van der Waals surface area contributed by atoms with E-state index >= 15 is 0 Å². The summed E-state index contributed by atoms with van der Waals surface area (Å²) in [4.78, 5) is 15.4. The number of piperidine rings is 1. The first-order chi connectivity index (χ1) is 16.0. The number of carbonyl (C=O) groups excluding carboxylic acids is 1. The van der Waals surface area contributed by atoms with E-state index in [2.05, 4.69) is 29.4 Å².